The van der Waals surface area contributed by atoms with Crippen molar-refractivity contribution in [1.82, 2.24) is 9.55 Å². The maximum absolute atomic E-state index is 13.3. The highest BCUT2D eigenvalue weighted by molar-refractivity contribution is 5.96. The first-order valence-corrected chi connectivity index (χ1v) is 8.16. The number of rotatable bonds is 2. The molecule has 0 bridgehead atoms. The van der Waals surface area contributed by atoms with Crippen LogP contribution in [0.25, 0.3) is 11.0 Å². The summed E-state index contributed by atoms with van der Waals surface area (Å²) in [6.07, 6.45) is -0.601. The van der Waals surface area contributed by atoms with Gasteiger partial charge in [0, 0.05) is 12.7 Å². The van der Waals surface area contributed by atoms with Gasteiger partial charge in [0.2, 0.25) is 5.95 Å². The van der Waals surface area contributed by atoms with Gasteiger partial charge in [0.1, 0.15) is 11.4 Å². The molecule has 1 amide bonds. The predicted octanol–water partition coefficient (Wildman–Crippen LogP) is 4.37. The molecule has 7 heteroatoms. The van der Waals surface area contributed by atoms with Crippen molar-refractivity contribution in [1.29, 1.82) is 0 Å². The maximum atomic E-state index is 13.3. The Kier molecular flexibility index (Phi) is 4.31. The Morgan fingerprint density at radius 2 is 1.85 bits per heavy atom. The SMILES string of the molecule is Cn1c(N(C(=O)OC(C)(C)C)c2ccc(F)cc2)nc2cc(N)ccc21. The quantitative estimate of drug-likeness (QED) is 0.692. The van der Waals surface area contributed by atoms with Crippen LogP contribution < -0.4 is 10.6 Å². The number of amides is 1. The highest BCUT2D eigenvalue weighted by Crippen LogP contribution is 2.30. The number of hydrogen-bond acceptors (Lipinski definition) is 4. The molecule has 2 aromatic carbocycles. The number of benzene rings is 2. The minimum atomic E-state index is -0.690. The zero-order valence-corrected chi connectivity index (χ0v) is 15.2. The number of hydrogen-bond donors (Lipinski definition) is 1. The van der Waals surface area contributed by atoms with E-state index in [0.29, 0.717) is 22.8 Å². The summed E-state index contributed by atoms with van der Waals surface area (Å²) in [7, 11) is 1.79. The lowest BCUT2D eigenvalue weighted by molar-refractivity contribution is 0.0596. The van der Waals surface area contributed by atoms with E-state index in [1.807, 2.05) is 6.07 Å². The van der Waals surface area contributed by atoms with Crippen molar-refractivity contribution in [3.8, 4) is 0 Å². The zero-order chi connectivity index (χ0) is 19.1. The molecule has 0 atom stereocenters. The van der Waals surface area contributed by atoms with E-state index in [9.17, 15) is 9.18 Å². The normalized spacial score (nSPS) is 11.6. The van der Waals surface area contributed by atoms with Gasteiger partial charge in [0.05, 0.1) is 16.7 Å². The van der Waals surface area contributed by atoms with Crippen LogP contribution in [-0.4, -0.2) is 21.2 Å². The van der Waals surface area contributed by atoms with Crippen LogP contribution in [0.15, 0.2) is 42.5 Å². The standard InChI is InChI=1S/C19H21FN4O2/c1-19(2,3)26-18(25)24(14-8-5-12(20)6-9-14)17-22-15-11-13(21)7-10-16(15)23(17)4/h5-11H,21H2,1-4H3. The first kappa shape index (κ1) is 17.7. The Labute approximate surface area is 151 Å². The predicted molar refractivity (Wildman–Crippen MR) is 99.9 cm³/mol. The van der Waals surface area contributed by atoms with Gasteiger partial charge in [-0.3, -0.25) is 0 Å². The van der Waals surface area contributed by atoms with E-state index in [2.05, 4.69) is 4.98 Å². The number of nitrogens with two attached hydrogens (primary N) is 1. The molecule has 3 rings (SSSR count). The highest BCUT2D eigenvalue weighted by Gasteiger charge is 2.28. The highest BCUT2D eigenvalue weighted by atomic mass is 19.1. The fourth-order valence-corrected chi connectivity index (χ4v) is 2.60. The van der Waals surface area contributed by atoms with Crippen molar-refractivity contribution in [2.45, 2.75) is 26.4 Å². The molecule has 0 radical (unpaired) electrons. The summed E-state index contributed by atoms with van der Waals surface area (Å²) < 4.78 is 20.6. The van der Waals surface area contributed by atoms with Gasteiger partial charge >= 0.3 is 6.09 Å². The third kappa shape index (κ3) is 3.46. The molecule has 0 saturated carbocycles. The van der Waals surface area contributed by atoms with E-state index in [1.54, 1.807) is 44.5 Å². The fraction of sp³-hybridized carbons (Fsp3) is 0.263. The second-order valence-electron chi connectivity index (χ2n) is 7.01. The molecule has 26 heavy (non-hydrogen) atoms. The Morgan fingerprint density at radius 3 is 2.46 bits per heavy atom. The number of halogens is 1. The summed E-state index contributed by atoms with van der Waals surface area (Å²) >= 11 is 0. The molecule has 0 aliphatic heterocycles. The number of nitrogen functional groups attached to an aromatic ring is 1. The van der Waals surface area contributed by atoms with Gasteiger partial charge in [-0.1, -0.05) is 0 Å². The number of aryl methyl sites for hydroxylation is 1. The van der Waals surface area contributed by atoms with E-state index in [1.165, 1.54) is 29.2 Å². The summed E-state index contributed by atoms with van der Waals surface area (Å²) in [5, 5.41) is 0. The van der Waals surface area contributed by atoms with Crippen molar-refractivity contribution in [2.75, 3.05) is 10.6 Å². The van der Waals surface area contributed by atoms with Crippen molar-refractivity contribution in [3.63, 3.8) is 0 Å². The average molecular weight is 356 g/mol. The molecule has 136 valence electrons. The van der Waals surface area contributed by atoms with E-state index < -0.39 is 17.5 Å². The molecule has 3 aromatic rings. The fourth-order valence-electron chi connectivity index (χ4n) is 2.60. The molecule has 0 saturated heterocycles. The van der Waals surface area contributed by atoms with Gasteiger partial charge in [-0.15, -0.1) is 0 Å². The van der Waals surface area contributed by atoms with E-state index >= 15 is 0 Å². The van der Waals surface area contributed by atoms with Crippen LogP contribution in [-0.2, 0) is 11.8 Å². The average Bonchev–Trinajstić information content (AvgIpc) is 2.84. The molecule has 0 unspecified atom stereocenters. The van der Waals surface area contributed by atoms with Gasteiger partial charge in [-0.25, -0.2) is 19.1 Å². The molecule has 0 aliphatic carbocycles. The maximum Gasteiger partial charge on any atom is 0.421 e. The van der Waals surface area contributed by atoms with Crippen LogP contribution in [0, 0.1) is 5.82 Å². The lowest BCUT2D eigenvalue weighted by atomic mass is 10.2. The number of imidazole rings is 1. The number of anilines is 3. The van der Waals surface area contributed by atoms with Gasteiger partial charge in [-0.05, 0) is 63.2 Å². The lowest BCUT2D eigenvalue weighted by Crippen LogP contribution is -2.35. The second-order valence-corrected chi connectivity index (χ2v) is 7.01. The Hall–Kier alpha value is -3.09. The first-order valence-electron chi connectivity index (χ1n) is 8.16. The number of nitrogens with zero attached hydrogens (tertiary/aromatic N) is 3. The topological polar surface area (TPSA) is 73.4 Å². The molecule has 1 aromatic heterocycles. The summed E-state index contributed by atoms with van der Waals surface area (Å²) in [6, 6.07) is 10.9. The number of fused-ring (bicyclic) bond motifs is 1. The third-order valence-corrected chi connectivity index (χ3v) is 3.74. The van der Waals surface area contributed by atoms with Crippen LogP contribution in [0.3, 0.4) is 0 Å². The zero-order valence-electron chi connectivity index (χ0n) is 15.2. The number of aromatic nitrogens is 2. The first-order chi connectivity index (χ1) is 12.2. The molecule has 0 aliphatic rings. The molecular weight excluding hydrogens is 335 g/mol. The van der Waals surface area contributed by atoms with Crippen molar-refractivity contribution in [2.24, 2.45) is 7.05 Å². The molecule has 1 heterocycles. The number of carbonyl (C=O) groups excluding carboxylic acids is 1. The van der Waals surface area contributed by atoms with Gasteiger partial charge in [-0.2, -0.15) is 0 Å². The van der Waals surface area contributed by atoms with E-state index in [0.717, 1.165) is 5.52 Å². The van der Waals surface area contributed by atoms with E-state index in [4.69, 9.17) is 10.5 Å². The van der Waals surface area contributed by atoms with Crippen LogP contribution in [0.5, 0.6) is 0 Å². The van der Waals surface area contributed by atoms with Gasteiger partial charge < -0.3 is 15.0 Å². The van der Waals surface area contributed by atoms with Crippen LogP contribution in [0.2, 0.25) is 0 Å². The smallest absolute Gasteiger partial charge is 0.421 e. The molecule has 0 spiro atoms. The van der Waals surface area contributed by atoms with Crippen LogP contribution >= 0.6 is 0 Å². The van der Waals surface area contributed by atoms with Crippen LogP contribution in [0.1, 0.15) is 20.8 Å². The monoisotopic (exact) mass is 356 g/mol. The second kappa shape index (κ2) is 6.33. The molecule has 0 fully saturated rings. The summed E-state index contributed by atoms with van der Waals surface area (Å²) in [5.74, 6) is -0.0397. The Balaban J connectivity index is 2.15. The number of carbonyl (C=O) groups is 1. The Morgan fingerprint density at radius 1 is 1.19 bits per heavy atom. The number of ether oxygens (including phenoxy) is 1. The van der Waals surface area contributed by atoms with Crippen molar-refractivity contribution in [3.05, 3.63) is 48.3 Å². The molecular formula is C19H21FN4O2. The van der Waals surface area contributed by atoms with Gasteiger partial charge in [0.25, 0.3) is 0 Å². The minimum absolute atomic E-state index is 0.353. The summed E-state index contributed by atoms with van der Waals surface area (Å²) in [5.41, 5.74) is 7.63. The summed E-state index contributed by atoms with van der Waals surface area (Å²) in [4.78, 5) is 18.7. The van der Waals surface area contributed by atoms with Crippen molar-refractivity contribution >= 4 is 34.4 Å². The molecule has 2 N–H and O–H groups in total. The summed E-state index contributed by atoms with van der Waals surface area (Å²) in [6.45, 7) is 5.34. The van der Waals surface area contributed by atoms with Gasteiger partial charge in [0.15, 0.2) is 0 Å². The van der Waals surface area contributed by atoms with Crippen LogP contribution in [0.4, 0.5) is 26.5 Å². The third-order valence-electron chi connectivity index (χ3n) is 3.74. The molecule has 6 nitrogen and oxygen atoms in total. The van der Waals surface area contributed by atoms with E-state index in [-0.39, 0.29) is 0 Å². The lowest BCUT2D eigenvalue weighted by Gasteiger charge is -2.26. The van der Waals surface area contributed by atoms with Crippen molar-refractivity contribution < 1.29 is 13.9 Å². The largest absolute Gasteiger partial charge is 0.443 e. The Bertz CT molecular complexity index is 958. The minimum Gasteiger partial charge on any atom is -0.443 e.